The highest BCUT2D eigenvalue weighted by Crippen LogP contribution is 2.30. The second-order valence-electron chi connectivity index (χ2n) is 5.52. The van der Waals surface area contributed by atoms with Crippen molar-refractivity contribution in [2.24, 2.45) is 0 Å². The molecule has 0 spiro atoms. The third kappa shape index (κ3) is 3.98. The molecule has 126 valence electrons. The van der Waals surface area contributed by atoms with Crippen LogP contribution in [0.2, 0.25) is 0 Å². The van der Waals surface area contributed by atoms with Gasteiger partial charge in [0.25, 0.3) is 0 Å². The molecule has 25 heavy (non-hydrogen) atoms. The molecule has 0 aliphatic heterocycles. The molecular weight excluding hydrogens is 540 g/mol. The van der Waals surface area contributed by atoms with Gasteiger partial charge in [-0.2, -0.15) is 5.26 Å². The molecule has 0 saturated heterocycles. The number of benzene rings is 2. The number of nitrogens with zero attached hydrogens (tertiary/aromatic N) is 2. The van der Waals surface area contributed by atoms with E-state index in [1.165, 1.54) is 0 Å². The minimum Gasteiger partial charge on any atom is -0.492 e. The van der Waals surface area contributed by atoms with Gasteiger partial charge in [-0.3, -0.25) is 0 Å². The number of allylic oxidation sites excluding steroid dienone is 1. The van der Waals surface area contributed by atoms with E-state index in [1.54, 1.807) is 0 Å². The van der Waals surface area contributed by atoms with Crippen LogP contribution in [0.4, 0.5) is 0 Å². The Balaban J connectivity index is 2.04. The number of ether oxygens (including phenoxy) is 1. The lowest BCUT2D eigenvalue weighted by molar-refractivity contribution is 0.335. The summed E-state index contributed by atoms with van der Waals surface area (Å²) in [7, 11) is 0. The maximum Gasteiger partial charge on any atom is 0.149 e. The number of aryl methyl sites for hydroxylation is 1. The van der Waals surface area contributed by atoms with Crippen molar-refractivity contribution in [2.45, 2.75) is 13.8 Å². The number of nitriles is 1. The van der Waals surface area contributed by atoms with Gasteiger partial charge in [0, 0.05) is 0 Å². The van der Waals surface area contributed by atoms with E-state index < -0.39 is 0 Å². The van der Waals surface area contributed by atoms with Gasteiger partial charge in [-0.25, -0.2) is 4.98 Å². The summed E-state index contributed by atoms with van der Waals surface area (Å²) in [4.78, 5) is 7.78. The van der Waals surface area contributed by atoms with Gasteiger partial charge in [0.2, 0.25) is 0 Å². The number of rotatable bonds is 4. The molecule has 0 saturated carbocycles. The van der Waals surface area contributed by atoms with E-state index in [1.807, 2.05) is 50.3 Å². The van der Waals surface area contributed by atoms with Crippen LogP contribution < -0.4 is 4.74 Å². The summed E-state index contributed by atoms with van der Waals surface area (Å²) in [6.07, 6.45) is 1.85. The summed E-state index contributed by atoms with van der Waals surface area (Å²) >= 11 is 4.52. The lowest BCUT2D eigenvalue weighted by Gasteiger charge is -2.09. The lowest BCUT2D eigenvalue weighted by atomic mass is 10.1. The Hall–Kier alpha value is -1.60. The molecule has 0 aliphatic carbocycles. The minimum atomic E-state index is 0.504. The fourth-order valence-corrected chi connectivity index (χ4v) is 4.64. The number of fused-ring (bicyclic) bond motifs is 1. The molecule has 0 unspecified atom stereocenters. The number of aromatic nitrogens is 2. The fraction of sp³-hybridized carbons (Fsp3) is 0.158. The number of aromatic amines is 1. The average Bonchev–Trinajstić information content (AvgIpc) is 2.98. The van der Waals surface area contributed by atoms with Crippen molar-refractivity contribution in [2.75, 3.05) is 6.61 Å². The Labute approximate surface area is 173 Å². The fourth-order valence-electron chi connectivity index (χ4n) is 2.52. The first-order valence-electron chi connectivity index (χ1n) is 7.72. The van der Waals surface area contributed by atoms with Crippen LogP contribution in [0.3, 0.4) is 0 Å². The zero-order valence-corrected chi connectivity index (χ0v) is 18.0. The molecule has 0 aliphatic rings. The van der Waals surface area contributed by atoms with E-state index in [9.17, 15) is 5.26 Å². The quantitative estimate of drug-likeness (QED) is 0.340. The summed E-state index contributed by atoms with van der Waals surface area (Å²) in [5.41, 5.74) is 4.40. The first kappa shape index (κ1) is 18.2. The highest BCUT2D eigenvalue weighted by Gasteiger charge is 2.11. The highest BCUT2D eigenvalue weighted by atomic mass is 127. The molecule has 1 N–H and O–H groups in total. The van der Waals surface area contributed by atoms with E-state index in [4.69, 9.17) is 4.74 Å². The molecule has 1 aromatic heterocycles. The van der Waals surface area contributed by atoms with E-state index in [0.717, 1.165) is 35.1 Å². The smallest absolute Gasteiger partial charge is 0.149 e. The van der Waals surface area contributed by atoms with Crippen molar-refractivity contribution < 1.29 is 4.74 Å². The molecule has 0 amide bonds. The molecule has 3 aromatic rings. The molecule has 0 fully saturated rings. The molecule has 3 rings (SSSR count). The van der Waals surface area contributed by atoms with Crippen LogP contribution in [0.5, 0.6) is 5.75 Å². The van der Waals surface area contributed by atoms with E-state index in [2.05, 4.69) is 61.2 Å². The molecule has 4 nitrogen and oxygen atoms in total. The summed E-state index contributed by atoms with van der Waals surface area (Å²) in [6.45, 7) is 4.63. The SMILES string of the molecule is CCOc1c(I)cc(/C=C(/C#N)c2nc3ccc(C)cc3[nH]2)cc1I. The van der Waals surface area contributed by atoms with E-state index in [0.29, 0.717) is 18.0 Å². The molecule has 1 heterocycles. The number of hydrogen-bond donors (Lipinski definition) is 1. The van der Waals surface area contributed by atoms with Gasteiger partial charge < -0.3 is 9.72 Å². The van der Waals surface area contributed by atoms with Gasteiger partial charge in [-0.1, -0.05) is 6.07 Å². The normalized spacial score (nSPS) is 11.6. The van der Waals surface area contributed by atoms with Crippen molar-refractivity contribution in [3.05, 3.63) is 54.4 Å². The Kier molecular flexibility index (Phi) is 5.64. The topological polar surface area (TPSA) is 61.7 Å². The van der Waals surface area contributed by atoms with Crippen LogP contribution in [0.1, 0.15) is 23.9 Å². The molecule has 0 radical (unpaired) electrons. The van der Waals surface area contributed by atoms with Crippen molar-refractivity contribution in [3.8, 4) is 11.8 Å². The number of nitrogens with one attached hydrogen (secondary N) is 1. The van der Waals surface area contributed by atoms with Gasteiger partial charge >= 0.3 is 0 Å². The second-order valence-corrected chi connectivity index (χ2v) is 7.85. The Morgan fingerprint density at radius 3 is 2.64 bits per heavy atom. The minimum absolute atomic E-state index is 0.504. The largest absolute Gasteiger partial charge is 0.492 e. The molecular formula is C19H15I2N3O. The van der Waals surface area contributed by atoms with Gasteiger partial charge in [0.05, 0.1) is 30.4 Å². The zero-order valence-electron chi connectivity index (χ0n) is 13.7. The summed E-state index contributed by atoms with van der Waals surface area (Å²) in [5, 5.41) is 9.59. The molecule has 6 heteroatoms. The third-order valence-electron chi connectivity index (χ3n) is 3.63. The van der Waals surface area contributed by atoms with Gasteiger partial charge in [-0.15, -0.1) is 0 Å². The monoisotopic (exact) mass is 555 g/mol. The summed E-state index contributed by atoms with van der Waals surface area (Å²) < 4.78 is 7.72. The number of halogens is 2. The van der Waals surface area contributed by atoms with Crippen molar-refractivity contribution in [1.82, 2.24) is 9.97 Å². The number of hydrogen-bond acceptors (Lipinski definition) is 3. The maximum atomic E-state index is 9.59. The van der Waals surface area contributed by atoms with Crippen LogP contribution in [-0.2, 0) is 0 Å². The van der Waals surface area contributed by atoms with E-state index >= 15 is 0 Å². The van der Waals surface area contributed by atoms with Crippen LogP contribution in [0.25, 0.3) is 22.7 Å². The van der Waals surface area contributed by atoms with Crippen LogP contribution in [-0.4, -0.2) is 16.6 Å². The lowest BCUT2D eigenvalue weighted by Crippen LogP contribution is -1.97. The van der Waals surface area contributed by atoms with Crippen molar-refractivity contribution in [3.63, 3.8) is 0 Å². The van der Waals surface area contributed by atoms with Crippen LogP contribution in [0, 0.1) is 25.4 Å². The van der Waals surface area contributed by atoms with Gasteiger partial charge in [0.15, 0.2) is 0 Å². The first-order chi connectivity index (χ1) is 12.0. The molecule has 0 atom stereocenters. The van der Waals surface area contributed by atoms with Crippen molar-refractivity contribution in [1.29, 1.82) is 5.26 Å². The third-order valence-corrected chi connectivity index (χ3v) is 5.24. The summed E-state index contributed by atoms with van der Waals surface area (Å²) in [5.74, 6) is 1.47. The zero-order chi connectivity index (χ0) is 18.0. The van der Waals surface area contributed by atoms with Gasteiger partial charge in [0.1, 0.15) is 17.6 Å². The Bertz CT molecular complexity index is 992. The van der Waals surface area contributed by atoms with Crippen molar-refractivity contribution >= 4 is 67.9 Å². The standard InChI is InChI=1S/C19H15I2N3O/c1-3-25-18-14(20)8-12(9-15(18)21)7-13(10-22)19-23-16-5-4-11(2)6-17(16)24-19/h4-9H,3H2,1-2H3,(H,23,24)/b13-7-. The van der Waals surface area contributed by atoms with Crippen LogP contribution >= 0.6 is 45.2 Å². The molecule has 2 aromatic carbocycles. The Morgan fingerprint density at radius 1 is 1.28 bits per heavy atom. The molecule has 0 bridgehead atoms. The Morgan fingerprint density at radius 2 is 2.00 bits per heavy atom. The predicted molar refractivity (Wildman–Crippen MR) is 117 cm³/mol. The number of H-pyrrole nitrogens is 1. The van der Waals surface area contributed by atoms with Gasteiger partial charge in [-0.05, 0) is 100 Å². The number of imidazole rings is 1. The first-order valence-corrected chi connectivity index (χ1v) is 9.88. The average molecular weight is 555 g/mol. The summed E-state index contributed by atoms with van der Waals surface area (Å²) in [6, 6.07) is 12.3. The predicted octanol–water partition coefficient (Wildman–Crippen LogP) is 5.54. The maximum absolute atomic E-state index is 9.59. The van der Waals surface area contributed by atoms with E-state index in [-0.39, 0.29) is 0 Å². The second kappa shape index (κ2) is 7.74. The van der Waals surface area contributed by atoms with Crippen LogP contribution in [0.15, 0.2) is 30.3 Å². The highest BCUT2D eigenvalue weighted by molar-refractivity contribution is 14.1.